The van der Waals surface area contributed by atoms with Crippen LogP contribution in [0.25, 0.3) is 0 Å². The van der Waals surface area contributed by atoms with E-state index >= 15 is 0 Å². The summed E-state index contributed by atoms with van der Waals surface area (Å²) in [5.74, 6) is -4.33. The van der Waals surface area contributed by atoms with Crippen molar-refractivity contribution in [2.45, 2.75) is 37.2 Å². The molecule has 1 N–H and O–H groups in total. The Balaban J connectivity index is 2.34. The van der Waals surface area contributed by atoms with Gasteiger partial charge >= 0.3 is 12.1 Å². The van der Waals surface area contributed by atoms with E-state index in [1.54, 1.807) is 6.92 Å². The molecule has 1 aliphatic heterocycles. The number of ether oxygens (including phenoxy) is 1. The summed E-state index contributed by atoms with van der Waals surface area (Å²) in [6, 6.07) is 0.592. The van der Waals surface area contributed by atoms with Crippen molar-refractivity contribution >= 4 is 17.7 Å². The molecule has 3 nitrogen and oxygen atoms in total. The molecule has 0 aliphatic carbocycles. The van der Waals surface area contributed by atoms with E-state index in [4.69, 9.17) is 0 Å². The molecular formula is C19H19F6NO2S. The van der Waals surface area contributed by atoms with E-state index in [-0.39, 0.29) is 12.2 Å². The van der Waals surface area contributed by atoms with Crippen LogP contribution in [0.5, 0.6) is 0 Å². The van der Waals surface area contributed by atoms with E-state index in [1.165, 1.54) is 19.4 Å². The van der Waals surface area contributed by atoms with Crippen molar-refractivity contribution in [2.75, 3.05) is 12.9 Å². The lowest BCUT2D eigenvalue weighted by atomic mass is 9.94. The summed E-state index contributed by atoms with van der Waals surface area (Å²) in [5.41, 5.74) is 0.209. The molecule has 1 aliphatic rings. The zero-order valence-corrected chi connectivity index (χ0v) is 16.4. The first kappa shape index (κ1) is 23.2. The summed E-state index contributed by atoms with van der Waals surface area (Å²) in [6.45, 7) is 1.58. The number of benzene rings is 1. The molecule has 2 rings (SSSR count). The monoisotopic (exact) mass is 439 g/mol. The molecule has 2 atom stereocenters. The molecule has 0 amide bonds. The van der Waals surface area contributed by atoms with Gasteiger partial charge in [-0.15, -0.1) is 11.8 Å². The van der Waals surface area contributed by atoms with Gasteiger partial charge in [-0.3, -0.25) is 0 Å². The Morgan fingerprint density at radius 2 is 1.90 bits per heavy atom. The van der Waals surface area contributed by atoms with Crippen LogP contribution in [0.15, 0.2) is 35.6 Å². The van der Waals surface area contributed by atoms with Crippen molar-refractivity contribution in [3.8, 4) is 0 Å². The number of allylic oxidation sites excluding steroid dienone is 1. The fraction of sp³-hybridized carbons (Fsp3) is 0.421. The third kappa shape index (κ3) is 5.94. The van der Waals surface area contributed by atoms with Crippen LogP contribution in [-0.4, -0.2) is 31.1 Å². The summed E-state index contributed by atoms with van der Waals surface area (Å²) < 4.78 is 84.3. The van der Waals surface area contributed by atoms with Crippen molar-refractivity contribution < 1.29 is 35.9 Å². The Kier molecular flexibility index (Phi) is 7.67. The lowest BCUT2D eigenvalue weighted by Crippen LogP contribution is -2.35. The number of rotatable bonds is 7. The Labute approximate surface area is 168 Å². The van der Waals surface area contributed by atoms with Gasteiger partial charge in [0.05, 0.1) is 12.4 Å². The molecule has 0 spiro atoms. The van der Waals surface area contributed by atoms with Gasteiger partial charge < -0.3 is 10.1 Å². The minimum Gasteiger partial charge on any atom is -0.467 e. The van der Waals surface area contributed by atoms with E-state index in [2.05, 4.69) is 10.1 Å². The van der Waals surface area contributed by atoms with E-state index in [9.17, 15) is 31.1 Å². The molecule has 0 fully saturated rings. The van der Waals surface area contributed by atoms with Crippen molar-refractivity contribution in [3.63, 3.8) is 0 Å². The van der Waals surface area contributed by atoms with E-state index in [0.29, 0.717) is 17.2 Å². The van der Waals surface area contributed by atoms with Gasteiger partial charge in [0.15, 0.2) is 11.6 Å². The van der Waals surface area contributed by atoms with Crippen molar-refractivity contribution in [2.24, 2.45) is 0 Å². The molecule has 0 aromatic heterocycles. The number of carbonyl (C=O) groups is 1. The highest BCUT2D eigenvalue weighted by atomic mass is 32.2. The molecule has 1 aromatic carbocycles. The molecule has 0 saturated carbocycles. The molecule has 1 aromatic rings. The van der Waals surface area contributed by atoms with Gasteiger partial charge in [0.2, 0.25) is 0 Å². The van der Waals surface area contributed by atoms with E-state index < -0.39 is 52.9 Å². The van der Waals surface area contributed by atoms with Crippen LogP contribution in [0, 0.1) is 17.5 Å². The van der Waals surface area contributed by atoms with Crippen molar-refractivity contribution in [1.82, 2.24) is 5.32 Å². The number of dihydropyridines is 1. The fourth-order valence-corrected chi connectivity index (χ4v) is 4.18. The molecule has 29 heavy (non-hydrogen) atoms. The smallest absolute Gasteiger partial charge is 0.389 e. The standard InChI is InChI=1S/C19H19F6NO2S/c1-10-8-14(18(27)28-2)26-9-11(10)17(29-7-3-6-19(23,24)25)15-12(20)4-5-13(21)16(15)22/h4-5,8-9,14,17,26H,3,6-7H2,1-2H3. The fourth-order valence-electron chi connectivity index (χ4n) is 2.82. The highest BCUT2D eigenvalue weighted by Gasteiger charge is 2.31. The van der Waals surface area contributed by atoms with Crippen LogP contribution in [-0.2, 0) is 9.53 Å². The molecule has 1 heterocycles. The maximum absolute atomic E-state index is 14.4. The van der Waals surface area contributed by atoms with E-state index in [0.717, 1.165) is 17.8 Å². The van der Waals surface area contributed by atoms with Crippen LogP contribution in [0.3, 0.4) is 0 Å². The number of hydrogen-bond donors (Lipinski definition) is 1. The normalized spacial score (nSPS) is 17.9. The van der Waals surface area contributed by atoms with Crippen LogP contribution >= 0.6 is 11.8 Å². The number of carbonyl (C=O) groups excluding carboxylic acids is 1. The molecule has 10 heteroatoms. The second-order valence-electron chi connectivity index (χ2n) is 6.34. The molecule has 0 bridgehead atoms. The largest absolute Gasteiger partial charge is 0.467 e. The average molecular weight is 439 g/mol. The van der Waals surface area contributed by atoms with E-state index in [1.807, 2.05) is 0 Å². The van der Waals surface area contributed by atoms with Gasteiger partial charge in [-0.1, -0.05) is 0 Å². The second kappa shape index (κ2) is 9.60. The third-order valence-electron chi connectivity index (χ3n) is 4.26. The lowest BCUT2D eigenvalue weighted by molar-refractivity contribution is -0.141. The highest BCUT2D eigenvalue weighted by Crippen LogP contribution is 2.43. The minimum atomic E-state index is -4.35. The molecule has 160 valence electrons. The zero-order valence-electron chi connectivity index (χ0n) is 15.6. The summed E-state index contributed by atoms with van der Waals surface area (Å²) in [4.78, 5) is 11.7. The first-order valence-corrected chi connectivity index (χ1v) is 9.64. The van der Waals surface area contributed by atoms with Gasteiger partial charge in [-0.05, 0) is 48.5 Å². The second-order valence-corrected chi connectivity index (χ2v) is 7.56. The Hall–Kier alpha value is -2.10. The van der Waals surface area contributed by atoms with Gasteiger partial charge in [0.1, 0.15) is 11.9 Å². The number of alkyl halides is 3. The third-order valence-corrected chi connectivity index (χ3v) is 5.61. The maximum atomic E-state index is 14.4. The van der Waals surface area contributed by atoms with Gasteiger partial charge in [-0.2, -0.15) is 13.2 Å². The first-order valence-electron chi connectivity index (χ1n) is 8.59. The predicted molar refractivity (Wildman–Crippen MR) is 97.6 cm³/mol. The summed E-state index contributed by atoms with van der Waals surface area (Å²) >= 11 is 0.866. The van der Waals surface area contributed by atoms with Gasteiger partial charge in [-0.25, -0.2) is 18.0 Å². The topological polar surface area (TPSA) is 38.3 Å². The maximum Gasteiger partial charge on any atom is 0.389 e. The summed E-state index contributed by atoms with van der Waals surface area (Å²) in [7, 11) is 1.20. The SMILES string of the molecule is COC(=O)C1C=C(C)C(C(SCCCC(F)(F)F)c2c(F)ccc(F)c2F)=CN1. The molecule has 0 saturated heterocycles. The molecule has 0 radical (unpaired) electrons. The quantitative estimate of drug-likeness (QED) is 0.275. The summed E-state index contributed by atoms with van der Waals surface area (Å²) in [6.07, 6.45) is -2.84. The Bertz CT molecular complexity index is 822. The zero-order chi connectivity index (χ0) is 21.8. The lowest BCUT2D eigenvalue weighted by Gasteiger charge is -2.27. The minimum absolute atomic E-state index is 0.0649. The van der Waals surface area contributed by atoms with Gasteiger partial charge in [0.25, 0.3) is 0 Å². The number of hydrogen-bond acceptors (Lipinski definition) is 4. The van der Waals surface area contributed by atoms with Crippen LogP contribution in [0.1, 0.15) is 30.6 Å². The number of nitrogens with one attached hydrogen (secondary N) is 1. The summed E-state index contributed by atoms with van der Waals surface area (Å²) in [5, 5.41) is 1.61. The predicted octanol–water partition coefficient (Wildman–Crippen LogP) is 5.20. The van der Waals surface area contributed by atoms with Crippen LogP contribution < -0.4 is 5.32 Å². The number of esters is 1. The van der Waals surface area contributed by atoms with Crippen LogP contribution in [0.4, 0.5) is 26.3 Å². The first-order chi connectivity index (χ1) is 13.5. The average Bonchev–Trinajstić information content (AvgIpc) is 2.65. The van der Waals surface area contributed by atoms with Crippen molar-refractivity contribution in [1.29, 1.82) is 0 Å². The number of thioether (sulfide) groups is 1. The molecule has 2 unspecified atom stereocenters. The van der Waals surface area contributed by atoms with Gasteiger partial charge in [0, 0.05) is 18.2 Å². The Morgan fingerprint density at radius 3 is 2.48 bits per heavy atom. The highest BCUT2D eigenvalue weighted by molar-refractivity contribution is 7.99. The van der Waals surface area contributed by atoms with Crippen LogP contribution in [0.2, 0.25) is 0 Å². The number of halogens is 6. The number of methoxy groups -OCH3 is 1. The van der Waals surface area contributed by atoms with Crippen molar-refractivity contribution in [3.05, 3.63) is 58.6 Å². The Morgan fingerprint density at radius 1 is 1.24 bits per heavy atom. The molecular weight excluding hydrogens is 420 g/mol.